The number of carbonyl (C=O) groups is 1. The molecule has 2 heterocycles. The molecule has 26 heavy (non-hydrogen) atoms. The van der Waals surface area contributed by atoms with Gasteiger partial charge in [0.05, 0.1) is 17.2 Å². The van der Waals surface area contributed by atoms with Crippen molar-refractivity contribution in [2.45, 2.75) is 64.0 Å². The summed E-state index contributed by atoms with van der Waals surface area (Å²) in [5, 5.41) is 9.74. The minimum atomic E-state index is -0.356. The summed E-state index contributed by atoms with van der Waals surface area (Å²) in [5.41, 5.74) is 1.19. The van der Waals surface area contributed by atoms with Crippen LogP contribution in [0.1, 0.15) is 50.5 Å². The molecule has 1 saturated carbocycles. The third kappa shape index (κ3) is 3.11. The summed E-state index contributed by atoms with van der Waals surface area (Å²) in [4.78, 5) is 17.5. The number of rotatable bonds is 2. The second kappa shape index (κ2) is 6.84. The summed E-state index contributed by atoms with van der Waals surface area (Å²) in [6.07, 6.45) is 5.89. The molecule has 2 saturated heterocycles. The Hall–Kier alpha value is -1.62. The highest BCUT2D eigenvalue weighted by molar-refractivity contribution is 5.86. The maximum absolute atomic E-state index is 14.5. The average molecular weight is 360 g/mol. The van der Waals surface area contributed by atoms with E-state index in [9.17, 15) is 14.3 Å². The van der Waals surface area contributed by atoms with E-state index in [1.54, 1.807) is 6.07 Å². The van der Waals surface area contributed by atoms with Crippen LogP contribution in [-0.4, -0.2) is 47.7 Å². The third-order valence-electron chi connectivity index (χ3n) is 6.67. The van der Waals surface area contributed by atoms with Gasteiger partial charge in [0, 0.05) is 25.7 Å². The molecule has 1 spiro atoms. The maximum Gasteiger partial charge on any atom is 0.230 e. The summed E-state index contributed by atoms with van der Waals surface area (Å²) in [5.74, 6) is 0.0710. The molecule has 1 aliphatic carbocycles. The van der Waals surface area contributed by atoms with Crippen LogP contribution < -0.4 is 4.90 Å². The van der Waals surface area contributed by atoms with Crippen molar-refractivity contribution in [3.05, 3.63) is 29.6 Å². The van der Waals surface area contributed by atoms with Crippen molar-refractivity contribution >= 4 is 11.6 Å². The van der Waals surface area contributed by atoms with Crippen molar-refractivity contribution in [1.29, 1.82) is 0 Å². The molecule has 3 aliphatic rings. The predicted molar refractivity (Wildman–Crippen MR) is 99.6 cm³/mol. The van der Waals surface area contributed by atoms with E-state index in [0.29, 0.717) is 12.2 Å². The Morgan fingerprint density at radius 1 is 1.15 bits per heavy atom. The van der Waals surface area contributed by atoms with Gasteiger partial charge < -0.3 is 14.9 Å². The lowest BCUT2D eigenvalue weighted by molar-refractivity contribution is -0.139. The highest BCUT2D eigenvalue weighted by Crippen LogP contribution is 2.43. The molecule has 1 atom stereocenters. The molecule has 1 aromatic carbocycles. The third-order valence-corrected chi connectivity index (χ3v) is 6.67. The quantitative estimate of drug-likeness (QED) is 0.880. The number of aryl methyl sites for hydroxylation is 1. The van der Waals surface area contributed by atoms with Crippen LogP contribution in [0, 0.1) is 18.2 Å². The van der Waals surface area contributed by atoms with Crippen LogP contribution in [0.25, 0.3) is 0 Å². The van der Waals surface area contributed by atoms with Crippen molar-refractivity contribution in [3.8, 4) is 0 Å². The predicted octanol–water partition coefficient (Wildman–Crippen LogP) is 3.26. The Kier molecular flexibility index (Phi) is 4.68. The fourth-order valence-corrected chi connectivity index (χ4v) is 5.15. The fourth-order valence-electron chi connectivity index (χ4n) is 5.15. The van der Waals surface area contributed by atoms with Gasteiger partial charge in [-0.15, -0.1) is 0 Å². The van der Waals surface area contributed by atoms with Gasteiger partial charge in [0.1, 0.15) is 5.82 Å². The van der Waals surface area contributed by atoms with Crippen LogP contribution in [0.4, 0.5) is 10.1 Å². The first-order chi connectivity index (χ1) is 12.5. The van der Waals surface area contributed by atoms with E-state index >= 15 is 0 Å². The SMILES string of the molecule is Cc1ccc(N2CCC[C@]3(CCN([C@H]4CC[C@H](O)CC4)C3=O)C2)c(F)c1. The number of hydrogen-bond acceptors (Lipinski definition) is 3. The summed E-state index contributed by atoms with van der Waals surface area (Å²) < 4.78 is 14.5. The molecule has 0 unspecified atom stereocenters. The first kappa shape index (κ1) is 17.8. The van der Waals surface area contributed by atoms with Crippen molar-refractivity contribution in [2.24, 2.45) is 5.41 Å². The molecule has 4 nitrogen and oxygen atoms in total. The van der Waals surface area contributed by atoms with Gasteiger partial charge in [-0.2, -0.15) is 0 Å². The Morgan fingerprint density at radius 2 is 1.92 bits per heavy atom. The summed E-state index contributed by atoms with van der Waals surface area (Å²) in [6.45, 7) is 4.14. The minimum Gasteiger partial charge on any atom is -0.393 e. The largest absolute Gasteiger partial charge is 0.393 e. The van der Waals surface area contributed by atoms with Crippen molar-refractivity contribution < 1.29 is 14.3 Å². The lowest BCUT2D eigenvalue weighted by Gasteiger charge is -2.41. The number of anilines is 1. The normalized spacial score (nSPS) is 32.5. The molecule has 0 aromatic heterocycles. The van der Waals surface area contributed by atoms with Crippen LogP contribution in [-0.2, 0) is 4.79 Å². The van der Waals surface area contributed by atoms with Gasteiger partial charge in [0.15, 0.2) is 0 Å². The Bertz CT molecular complexity index is 687. The number of carbonyl (C=O) groups excluding carboxylic acids is 1. The first-order valence-electron chi connectivity index (χ1n) is 9.99. The number of amides is 1. The number of aliphatic hydroxyl groups excluding tert-OH is 1. The molecule has 1 aromatic rings. The lowest BCUT2D eigenvalue weighted by Crippen LogP contribution is -2.50. The zero-order chi connectivity index (χ0) is 18.3. The van der Waals surface area contributed by atoms with Gasteiger partial charge in [-0.3, -0.25) is 4.79 Å². The fraction of sp³-hybridized carbons (Fsp3) is 0.667. The first-order valence-corrected chi connectivity index (χ1v) is 9.99. The van der Waals surface area contributed by atoms with E-state index in [1.165, 1.54) is 0 Å². The highest BCUT2D eigenvalue weighted by atomic mass is 19.1. The molecule has 1 N–H and O–H groups in total. The average Bonchev–Trinajstić information content (AvgIpc) is 2.92. The molecular weight excluding hydrogens is 331 g/mol. The Morgan fingerprint density at radius 3 is 2.65 bits per heavy atom. The van der Waals surface area contributed by atoms with E-state index in [-0.39, 0.29) is 29.3 Å². The number of nitrogens with zero attached hydrogens (tertiary/aromatic N) is 2. The highest BCUT2D eigenvalue weighted by Gasteiger charge is 2.50. The molecular formula is C21H29FN2O2. The molecule has 3 fully saturated rings. The number of piperidine rings is 1. The molecule has 5 heteroatoms. The van der Waals surface area contributed by atoms with E-state index in [1.807, 2.05) is 19.1 Å². The van der Waals surface area contributed by atoms with Crippen LogP contribution in [0.15, 0.2) is 18.2 Å². The van der Waals surface area contributed by atoms with Gasteiger partial charge in [-0.05, 0) is 69.6 Å². The number of halogens is 1. The van der Waals surface area contributed by atoms with Gasteiger partial charge in [0.25, 0.3) is 0 Å². The summed E-state index contributed by atoms with van der Waals surface area (Å²) in [7, 11) is 0. The van der Waals surface area contributed by atoms with Crippen LogP contribution >= 0.6 is 0 Å². The van der Waals surface area contributed by atoms with Gasteiger partial charge in [-0.1, -0.05) is 6.07 Å². The number of benzene rings is 1. The van der Waals surface area contributed by atoms with Gasteiger partial charge >= 0.3 is 0 Å². The molecule has 2 aliphatic heterocycles. The van der Waals surface area contributed by atoms with Crippen LogP contribution in [0.5, 0.6) is 0 Å². The second-order valence-corrected chi connectivity index (χ2v) is 8.47. The molecule has 4 rings (SSSR count). The van der Waals surface area contributed by atoms with E-state index in [2.05, 4.69) is 9.80 Å². The van der Waals surface area contributed by atoms with Gasteiger partial charge in [0.2, 0.25) is 5.91 Å². The number of likely N-dealkylation sites (tertiary alicyclic amines) is 1. The van der Waals surface area contributed by atoms with Crippen LogP contribution in [0.3, 0.4) is 0 Å². The van der Waals surface area contributed by atoms with E-state index < -0.39 is 0 Å². The smallest absolute Gasteiger partial charge is 0.230 e. The van der Waals surface area contributed by atoms with Crippen molar-refractivity contribution in [1.82, 2.24) is 4.90 Å². The number of aliphatic hydroxyl groups is 1. The minimum absolute atomic E-state index is 0.189. The summed E-state index contributed by atoms with van der Waals surface area (Å²) >= 11 is 0. The molecule has 142 valence electrons. The van der Waals surface area contributed by atoms with Crippen molar-refractivity contribution in [3.63, 3.8) is 0 Å². The van der Waals surface area contributed by atoms with Crippen molar-refractivity contribution in [2.75, 3.05) is 24.5 Å². The standard InChI is InChI=1S/C21H29FN2O2/c1-15-3-8-19(18(22)13-15)23-11-2-9-21(14-23)10-12-24(20(21)26)16-4-6-17(25)7-5-16/h3,8,13,16-17,25H,2,4-7,9-12,14H2,1H3/t16-,17-,21-/m0/s1. The molecule has 0 radical (unpaired) electrons. The molecule has 0 bridgehead atoms. The maximum atomic E-state index is 14.5. The molecule has 1 amide bonds. The Labute approximate surface area is 155 Å². The van der Waals surface area contributed by atoms with E-state index in [0.717, 1.165) is 63.6 Å². The van der Waals surface area contributed by atoms with Gasteiger partial charge in [-0.25, -0.2) is 4.39 Å². The lowest BCUT2D eigenvalue weighted by atomic mass is 9.78. The summed E-state index contributed by atoms with van der Waals surface area (Å²) in [6, 6.07) is 5.64. The Balaban J connectivity index is 1.50. The monoisotopic (exact) mass is 360 g/mol. The zero-order valence-electron chi connectivity index (χ0n) is 15.6. The topological polar surface area (TPSA) is 43.8 Å². The second-order valence-electron chi connectivity index (χ2n) is 8.47. The van der Waals surface area contributed by atoms with Crippen LogP contribution in [0.2, 0.25) is 0 Å². The van der Waals surface area contributed by atoms with E-state index in [4.69, 9.17) is 0 Å². The zero-order valence-corrected chi connectivity index (χ0v) is 15.6. The number of hydrogen-bond donors (Lipinski definition) is 1.